The van der Waals surface area contributed by atoms with Crippen LogP contribution in [0.25, 0.3) is 0 Å². The minimum atomic E-state index is -0.498. The van der Waals surface area contributed by atoms with Gasteiger partial charge in [-0.1, -0.05) is 35.5 Å². The predicted octanol–water partition coefficient (Wildman–Crippen LogP) is 0.994. The first-order valence-corrected chi connectivity index (χ1v) is 9.27. The lowest BCUT2D eigenvalue weighted by Crippen LogP contribution is -2.41. The van der Waals surface area contributed by atoms with Gasteiger partial charge in [-0.15, -0.1) is 5.10 Å². The third kappa shape index (κ3) is 3.87. The molecule has 0 saturated carbocycles. The van der Waals surface area contributed by atoms with Crippen LogP contribution < -0.4 is 5.32 Å². The summed E-state index contributed by atoms with van der Waals surface area (Å²) in [4.78, 5) is 11.6. The van der Waals surface area contributed by atoms with E-state index >= 15 is 0 Å². The second-order valence-corrected chi connectivity index (χ2v) is 6.89. The quantitative estimate of drug-likeness (QED) is 0.573. The molecule has 4 rings (SSSR count). The molecule has 8 nitrogen and oxygen atoms in total. The van der Waals surface area contributed by atoms with Gasteiger partial charge in [-0.3, -0.25) is 0 Å². The van der Waals surface area contributed by atoms with Crippen LogP contribution in [0.15, 0.2) is 36.5 Å². The fourth-order valence-corrected chi connectivity index (χ4v) is 3.74. The van der Waals surface area contributed by atoms with Crippen LogP contribution >= 0.6 is 0 Å². The van der Waals surface area contributed by atoms with Crippen molar-refractivity contribution < 1.29 is 19.0 Å². The van der Waals surface area contributed by atoms with Crippen molar-refractivity contribution in [3.05, 3.63) is 47.8 Å². The van der Waals surface area contributed by atoms with E-state index in [1.165, 1.54) is 12.7 Å². The van der Waals surface area contributed by atoms with Crippen molar-refractivity contribution in [2.24, 2.45) is 0 Å². The molecule has 3 heterocycles. The van der Waals surface area contributed by atoms with E-state index in [0.29, 0.717) is 13.2 Å². The number of hydrogen-bond donors (Lipinski definition) is 1. The topological polar surface area (TPSA) is 87.5 Å². The zero-order valence-electron chi connectivity index (χ0n) is 15.3. The molecule has 0 amide bonds. The number of aromatic nitrogens is 3. The Labute approximate surface area is 157 Å². The van der Waals surface area contributed by atoms with Gasteiger partial charge in [-0.25, -0.2) is 9.48 Å². The van der Waals surface area contributed by atoms with E-state index in [0.717, 1.165) is 19.4 Å². The Hall–Kier alpha value is -2.29. The number of carbonyl (C=O) groups is 1. The Kier molecular flexibility index (Phi) is 5.47. The second kappa shape index (κ2) is 8.16. The van der Waals surface area contributed by atoms with E-state index in [1.54, 1.807) is 10.9 Å². The summed E-state index contributed by atoms with van der Waals surface area (Å²) in [6, 6.07) is 10.6. The number of rotatable bonds is 7. The monoisotopic (exact) mass is 372 g/mol. The molecule has 27 heavy (non-hydrogen) atoms. The SMILES string of the molecule is COC(=O)c1cn(C2COC3C(NCCCc4ccccc4)COC32)nn1. The number of benzene rings is 1. The number of aryl methyl sites for hydroxylation is 1. The lowest BCUT2D eigenvalue weighted by molar-refractivity contribution is 0.0592. The van der Waals surface area contributed by atoms with Gasteiger partial charge in [0.25, 0.3) is 0 Å². The van der Waals surface area contributed by atoms with Gasteiger partial charge in [0, 0.05) is 0 Å². The number of esters is 1. The number of nitrogens with zero attached hydrogens (tertiary/aromatic N) is 3. The minimum absolute atomic E-state index is 0.0162. The molecule has 0 radical (unpaired) electrons. The van der Waals surface area contributed by atoms with Gasteiger partial charge >= 0.3 is 5.97 Å². The van der Waals surface area contributed by atoms with Gasteiger partial charge < -0.3 is 19.5 Å². The first kappa shape index (κ1) is 18.1. The molecule has 8 heteroatoms. The van der Waals surface area contributed by atoms with Crippen molar-refractivity contribution in [1.82, 2.24) is 20.3 Å². The van der Waals surface area contributed by atoms with Crippen LogP contribution in [-0.2, 0) is 20.6 Å². The summed E-state index contributed by atoms with van der Waals surface area (Å²) >= 11 is 0. The van der Waals surface area contributed by atoms with E-state index in [-0.39, 0.29) is 30.0 Å². The molecule has 2 aliphatic heterocycles. The Morgan fingerprint density at radius 3 is 2.89 bits per heavy atom. The summed E-state index contributed by atoms with van der Waals surface area (Å²) in [5.41, 5.74) is 1.54. The third-order valence-corrected chi connectivity index (χ3v) is 5.16. The van der Waals surface area contributed by atoms with Gasteiger partial charge in [0.05, 0.1) is 32.6 Å². The zero-order chi connectivity index (χ0) is 18.6. The lowest BCUT2D eigenvalue weighted by Gasteiger charge is -2.17. The van der Waals surface area contributed by atoms with Crippen molar-refractivity contribution in [3.8, 4) is 0 Å². The van der Waals surface area contributed by atoms with Crippen LogP contribution in [0.3, 0.4) is 0 Å². The zero-order valence-corrected chi connectivity index (χ0v) is 15.3. The molecule has 2 saturated heterocycles. The number of hydrogen-bond acceptors (Lipinski definition) is 7. The highest BCUT2D eigenvalue weighted by molar-refractivity contribution is 5.86. The maximum absolute atomic E-state index is 11.6. The van der Waals surface area contributed by atoms with Gasteiger partial charge in [0.1, 0.15) is 18.2 Å². The molecular weight excluding hydrogens is 348 g/mol. The largest absolute Gasteiger partial charge is 0.464 e. The molecule has 4 atom stereocenters. The van der Waals surface area contributed by atoms with E-state index in [1.807, 2.05) is 6.07 Å². The average molecular weight is 372 g/mol. The molecule has 0 aliphatic carbocycles. The number of carbonyl (C=O) groups excluding carboxylic acids is 1. The molecule has 1 aromatic heterocycles. The molecule has 0 spiro atoms. The third-order valence-electron chi connectivity index (χ3n) is 5.16. The van der Waals surface area contributed by atoms with Crippen LogP contribution in [0.2, 0.25) is 0 Å². The predicted molar refractivity (Wildman–Crippen MR) is 96.4 cm³/mol. The number of fused-ring (bicyclic) bond motifs is 1. The summed E-state index contributed by atoms with van der Waals surface area (Å²) in [7, 11) is 1.32. The first-order chi connectivity index (χ1) is 13.3. The highest BCUT2D eigenvalue weighted by Gasteiger charge is 2.48. The summed E-state index contributed by atoms with van der Waals surface area (Å²) in [6.07, 6.45) is 3.59. The van der Waals surface area contributed by atoms with Crippen molar-refractivity contribution in [2.75, 3.05) is 26.9 Å². The summed E-state index contributed by atoms with van der Waals surface area (Å²) in [6.45, 7) is 2.01. The van der Waals surface area contributed by atoms with E-state index in [4.69, 9.17) is 9.47 Å². The van der Waals surface area contributed by atoms with Gasteiger partial charge in [0.2, 0.25) is 0 Å². The van der Waals surface area contributed by atoms with Crippen LogP contribution in [0.5, 0.6) is 0 Å². The highest BCUT2D eigenvalue weighted by atomic mass is 16.6. The Balaban J connectivity index is 1.28. The Bertz CT molecular complexity index is 766. The first-order valence-electron chi connectivity index (χ1n) is 9.27. The van der Waals surface area contributed by atoms with Gasteiger partial charge in [0.15, 0.2) is 5.69 Å². The second-order valence-electron chi connectivity index (χ2n) is 6.89. The molecule has 1 N–H and O–H groups in total. The summed E-state index contributed by atoms with van der Waals surface area (Å²) < 4.78 is 18.3. The number of ether oxygens (including phenoxy) is 3. The van der Waals surface area contributed by atoms with Crippen molar-refractivity contribution in [3.63, 3.8) is 0 Å². The molecule has 2 aliphatic rings. The number of nitrogens with one attached hydrogen (secondary N) is 1. The maximum atomic E-state index is 11.6. The van der Waals surface area contributed by atoms with Crippen LogP contribution in [-0.4, -0.2) is 66.1 Å². The van der Waals surface area contributed by atoms with Crippen molar-refractivity contribution >= 4 is 5.97 Å². The summed E-state index contributed by atoms with van der Waals surface area (Å²) in [5.74, 6) is -0.498. The minimum Gasteiger partial charge on any atom is -0.464 e. The fourth-order valence-electron chi connectivity index (χ4n) is 3.74. The van der Waals surface area contributed by atoms with Crippen LogP contribution in [0.1, 0.15) is 28.5 Å². The molecule has 2 aromatic rings. The van der Waals surface area contributed by atoms with E-state index in [9.17, 15) is 4.79 Å². The normalized spacial score (nSPS) is 26.9. The van der Waals surface area contributed by atoms with E-state index < -0.39 is 5.97 Å². The molecule has 2 fully saturated rings. The fraction of sp³-hybridized carbons (Fsp3) is 0.526. The smallest absolute Gasteiger partial charge is 0.360 e. The molecule has 144 valence electrons. The van der Waals surface area contributed by atoms with Crippen LogP contribution in [0, 0.1) is 0 Å². The molecule has 4 unspecified atom stereocenters. The van der Waals surface area contributed by atoms with Crippen molar-refractivity contribution in [1.29, 1.82) is 0 Å². The van der Waals surface area contributed by atoms with Gasteiger partial charge in [-0.05, 0) is 24.9 Å². The Morgan fingerprint density at radius 1 is 1.26 bits per heavy atom. The standard InChI is InChI=1S/C19H24N4O4/c1-25-19(24)14-10-23(22-21-14)16-12-27-17-15(11-26-18(16)17)20-9-5-8-13-6-3-2-4-7-13/h2-4,6-7,10,15-18,20H,5,8-9,11-12H2,1H3. The van der Waals surface area contributed by atoms with Crippen molar-refractivity contribution in [2.45, 2.75) is 37.1 Å². The maximum Gasteiger partial charge on any atom is 0.360 e. The molecular formula is C19H24N4O4. The average Bonchev–Trinajstić information content (AvgIpc) is 3.42. The lowest BCUT2D eigenvalue weighted by atomic mass is 10.1. The summed E-state index contributed by atoms with van der Waals surface area (Å²) in [5, 5.41) is 11.5. The molecule has 1 aromatic carbocycles. The molecule has 0 bridgehead atoms. The van der Waals surface area contributed by atoms with Gasteiger partial charge in [-0.2, -0.15) is 0 Å². The highest BCUT2D eigenvalue weighted by Crippen LogP contribution is 2.33. The van der Waals surface area contributed by atoms with Crippen LogP contribution in [0.4, 0.5) is 0 Å². The Morgan fingerprint density at radius 2 is 2.07 bits per heavy atom. The number of methoxy groups -OCH3 is 1. The van der Waals surface area contributed by atoms with E-state index in [2.05, 4.69) is 44.6 Å².